The summed E-state index contributed by atoms with van der Waals surface area (Å²) in [4.78, 5) is 9.00. The Balaban J connectivity index is 0.000000399. The van der Waals surface area contributed by atoms with Gasteiger partial charge < -0.3 is 14.9 Å². The fourth-order valence-corrected chi connectivity index (χ4v) is 2.05. The van der Waals surface area contributed by atoms with Crippen LogP contribution in [0.4, 0.5) is 0 Å². The minimum absolute atomic E-state index is 0.0407. The monoisotopic (exact) mass is 266 g/mol. The molecule has 2 rings (SSSR count). The Morgan fingerprint density at radius 3 is 2.42 bits per heavy atom. The van der Waals surface area contributed by atoms with E-state index in [2.05, 4.69) is 12.1 Å². The van der Waals surface area contributed by atoms with Gasteiger partial charge in [-0.25, -0.2) is 0 Å². The minimum Gasteiger partial charge on any atom is -0.481 e. The van der Waals surface area contributed by atoms with Crippen molar-refractivity contribution in [3.05, 3.63) is 35.9 Å². The Bertz CT molecular complexity index is 360. The summed E-state index contributed by atoms with van der Waals surface area (Å²) in [6, 6.07) is 10.1. The lowest BCUT2D eigenvalue weighted by Crippen LogP contribution is -2.32. The molecule has 0 heterocycles. The van der Waals surface area contributed by atoms with Crippen molar-refractivity contribution in [3.8, 4) is 0 Å². The average Bonchev–Trinajstić information content (AvgIpc) is 2.38. The van der Waals surface area contributed by atoms with Crippen molar-refractivity contribution < 1.29 is 19.7 Å². The average molecular weight is 266 g/mol. The number of ether oxygens (including phenoxy) is 1. The third kappa shape index (κ3) is 6.94. The summed E-state index contributed by atoms with van der Waals surface area (Å²) in [5, 5.41) is 17.1. The smallest absolute Gasteiger partial charge is 0.300 e. The van der Waals surface area contributed by atoms with E-state index in [9.17, 15) is 5.11 Å². The summed E-state index contributed by atoms with van der Waals surface area (Å²) in [7, 11) is 0. The van der Waals surface area contributed by atoms with Crippen molar-refractivity contribution in [1.82, 2.24) is 0 Å². The maximum absolute atomic E-state index is 9.72. The summed E-state index contributed by atoms with van der Waals surface area (Å²) in [5.41, 5.74) is 1.18. The van der Waals surface area contributed by atoms with Gasteiger partial charge in [0.15, 0.2) is 0 Å². The highest BCUT2D eigenvalue weighted by Gasteiger charge is 2.23. The molecule has 4 heteroatoms. The van der Waals surface area contributed by atoms with Crippen LogP contribution in [0.5, 0.6) is 0 Å². The Labute approximate surface area is 114 Å². The lowest BCUT2D eigenvalue weighted by Gasteiger charge is -2.27. The molecule has 1 aromatic rings. The molecule has 0 radical (unpaired) electrons. The van der Waals surface area contributed by atoms with Gasteiger partial charge in [-0.05, 0) is 18.4 Å². The quantitative estimate of drug-likeness (QED) is 0.882. The van der Waals surface area contributed by atoms with Crippen molar-refractivity contribution in [2.24, 2.45) is 0 Å². The maximum Gasteiger partial charge on any atom is 0.300 e. The molecule has 0 aromatic heterocycles. The van der Waals surface area contributed by atoms with Crippen LogP contribution in [-0.4, -0.2) is 28.4 Å². The standard InChI is InChI=1S/C13H18O2.C2H4O2/c14-12-8-4-5-9-13(12)15-10-11-6-2-1-3-7-11;1-2(3)4/h1-3,6-7,12-14H,4-5,8-10H2;1H3,(H,3,4). The fourth-order valence-electron chi connectivity index (χ4n) is 2.05. The van der Waals surface area contributed by atoms with Crippen molar-refractivity contribution in [3.63, 3.8) is 0 Å². The van der Waals surface area contributed by atoms with E-state index in [4.69, 9.17) is 14.6 Å². The van der Waals surface area contributed by atoms with Crippen LogP contribution in [0.3, 0.4) is 0 Å². The molecule has 106 valence electrons. The summed E-state index contributed by atoms with van der Waals surface area (Å²) in [6.07, 6.45) is 3.97. The molecule has 0 bridgehead atoms. The summed E-state index contributed by atoms with van der Waals surface area (Å²) in [5.74, 6) is -0.833. The molecule has 1 aliphatic rings. The van der Waals surface area contributed by atoms with Gasteiger partial charge in [0, 0.05) is 6.92 Å². The predicted molar refractivity (Wildman–Crippen MR) is 72.8 cm³/mol. The number of hydrogen-bond acceptors (Lipinski definition) is 3. The minimum atomic E-state index is -0.833. The van der Waals surface area contributed by atoms with E-state index in [0.29, 0.717) is 6.61 Å². The number of carboxylic acids is 1. The molecule has 19 heavy (non-hydrogen) atoms. The highest BCUT2D eigenvalue weighted by Crippen LogP contribution is 2.22. The SMILES string of the molecule is CC(=O)O.OC1CCCCC1OCc1ccccc1. The number of rotatable bonds is 3. The van der Waals surface area contributed by atoms with Crippen LogP contribution in [0.2, 0.25) is 0 Å². The molecule has 0 saturated heterocycles. The Kier molecular flexibility index (Phi) is 7.15. The van der Waals surface area contributed by atoms with Crippen LogP contribution in [0.1, 0.15) is 38.2 Å². The first-order valence-corrected chi connectivity index (χ1v) is 6.62. The van der Waals surface area contributed by atoms with Gasteiger partial charge in [-0.3, -0.25) is 4.79 Å². The van der Waals surface area contributed by atoms with Crippen LogP contribution >= 0.6 is 0 Å². The zero-order valence-electron chi connectivity index (χ0n) is 11.3. The van der Waals surface area contributed by atoms with Crippen LogP contribution in [0, 0.1) is 0 Å². The van der Waals surface area contributed by atoms with Gasteiger partial charge in [0.1, 0.15) is 0 Å². The number of aliphatic hydroxyl groups excluding tert-OH is 1. The number of carboxylic acid groups (broad SMARTS) is 1. The van der Waals surface area contributed by atoms with Gasteiger partial charge in [-0.1, -0.05) is 43.2 Å². The molecule has 0 aliphatic heterocycles. The third-order valence-electron chi connectivity index (χ3n) is 2.97. The lowest BCUT2D eigenvalue weighted by molar-refractivity contribution is -0.134. The third-order valence-corrected chi connectivity index (χ3v) is 2.97. The summed E-state index contributed by atoms with van der Waals surface area (Å²) >= 11 is 0. The first-order valence-electron chi connectivity index (χ1n) is 6.62. The van der Waals surface area contributed by atoms with Gasteiger partial charge >= 0.3 is 0 Å². The number of aliphatic hydroxyl groups is 1. The van der Waals surface area contributed by atoms with E-state index >= 15 is 0 Å². The van der Waals surface area contributed by atoms with E-state index < -0.39 is 5.97 Å². The second-order valence-corrected chi connectivity index (χ2v) is 4.71. The normalized spacial score (nSPS) is 22.2. The Morgan fingerprint density at radius 2 is 1.84 bits per heavy atom. The molecule has 0 amide bonds. The molecule has 2 N–H and O–H groups in total. The van der Waals surface area contributed by atoms with E-state index in [0.717, 1.165) is 26.2 Å². The number of aliphatic carboxylic acids is 1. The molecule has 2 atom stereocenters. The van der Waals surface area contributed by atoms with Crippen molar-refractivity contribution in [2.75, 3.05) is 0 Å². The van der Waals surface area contributed by atoms with Crippen molar-refractivity contribution >= 4 is 5.97 Å². The largest absolute Gasteiger partial charge is 0.481 e. The van der Waals surface area contributed by atoms with Crippen molar-refractivity contribution in [1.29, 1.82) is 0 Å². The first-order chi connectivity index (χ1) is 9.09. The van der Waals surface area contributed by atoms with Gasteiger partial charge in [-0.2, -0.15) is 0 Å². The number of benzene rings is 1. The molecular weight excluding hydrogens is 244 g/mol. The van der Waals surface area contributed by atoms with Crippen LogP contribution in [0.25, 0.3) is 0 Å². The molecule has 0 spiro atoms. The Morgan fingerprint density at radius 1 is 1.26 bits per heavy atom. The summed E-state index contributed by atoms with van der Waals surface area (Å²) < 4.78 is 5.73. The zero-order valence-corrected chi connectivity index (χ0v) is 11.3. The van der Waals surface area contributed by atoms with Gasteiger partial charge in [0.05, 0.1) is 18.8 Å². The van der Waals surface area contributed by atoms with E-state index in [1.165, 1.54) is 12.0 Å². The molecule has 1 aromatic carbocycles. The molecule has 4 nitrogen and oxygen atoms in total. The zero-order chi connectivity index (χ0) is 14.1. The number of carbonyl (C=O) groups is 1. The van der Waals surface area contributed by atoms with Crippen LogP contribution in [0.15, 0.2) is 30.3 Å². The molecular formula is C15H22O4. The fraction of sp³-hybridized carbons (Fsp3) is 0.533. The topological polar surface area (TPSA) is 66.8 Å². The predicted octanol–water partition coefficient (Wildman–Crippen LogP) is 2.60. The highest BCUT2D eigenvalue weighted by molar-refractivity contribution is 5.62. The van der Waals surface area contributed by atoms with E-state index in [-0.39, 0.29) is 12.2 Å². The van der Waals surface area contributed by atoms with Gasteiger partial charge in [0.25, 0.3) is 5.97 Å². The molecule has 1 fully saturated rings. The second kappa shape index (κ2) is 8.67. The van der Waals surface area contributed by atoms with Crippen molar-refractivity contribution in [2.45, 2.75) is 51.4 Å². The van der Waals surface area contributed by atoms with Gasteiger partial charge in [0.2, 0.25) is 0 Å². The van der Waals surface area contributed by atoms with E-state index in [1.54, 1.807) is 0 Å². The molecule has 2 unspecified atom stereocenters. The second-order valence-electron chi connectivity index (χ2n) is 4.71. The first kappa shape index (κ1) is 15.7. The molecule has 1 saturated carbocycles. The number of hydrogen-bond donors (Lipinski definition) is 2. The summed E-state index contributed by atoms with van der Waals surface area (Å²) in [6.45, 7) is 1.70. The van der Waals surface area contributed by atoms with Crippen LogP contribution in [-0.2, 0) is 16.1 Å². The lowest BCUT2D eigenvalue weighted by atomic mass is 9.95. The van der Waals surface area contributed by atoms with Crippen LogP contribution < -0.4 is 0 Å². The van der Waals surface area contributed by atoms with Gasteiger partial charge in [-0.15, -0.1) is 0 Å². The maximum atomic E-state index is 9.72. The Hall–Kier alpha value is -1.39. The highest BCUT2D eigenvalue weighted by atomic mass is 16.5. The van der Waals surface area contributed by atoms with E-state index in [1.807, 2.05) is 18.2 Å². The molecule has 1 aliphatic carbocycles.